The molecule has 0 aliphatic heterocycles. The number of anilines is 2. The normalized spacial score (nSPS) is 9.65. The summed E-state index contributed by atoms with van der Waals surface area (Å²) in [5.41, 5.74) is 0.912. The molecule has 0 aliphatic rings. The molecule has 2 amide bonds. The van der Waals surface area contributed by atoms with Crippen molar-refractivity contribution in [2.75, 3.05) is 17.7 Å². The number of benzene rings is 1. The first-order valence-corrected chi connectivity index (χ1v) is 5.78. The SMILES string of the molecule is COc1ccc(NC(=O)Nc2nn(C)cc2C#N)cc1. The molecule has 2 N–H and O–H groups in total. The Hall–Kier alpha value is -3.01. The molecule has 7 nitrogen and oxygen atoms in total. The van der Waals surface area contributed by atoms with Crippen molar-refractivity contribution >= 4 is 17.5 Å². The summed E-state index contributed by atoms with van der Waals surface area (Å²) in [5.74, 6) is 0.925. The van der Waals surface area contributed by atoms with Crippen molar-refractivity contribution in [2.24, 2.45) is 7.05 Å². The van der Waals surface area contributed by atoms with Gasteiger partial charge in [0.2, 0.25) is 0 Å². The van der Waals surface area contributed by atoms with Crippen molar-refractivity contribution in [1.29, 1.82) is 5.26 Å². The van der Waals surface area contributed by atoms with E-state index in [1.807, 2.05) is 6.07 Å². The number of rotatable bonds is 3. The van der Waals surface area contributed by atoms with Crippen molar-refractivity contribution in [3.05, 3.63) is 36.0 Å². The molecule has 0 atom stereocenters. The summed E-state index contributed by atoms with van der Waals surface area (Å²) >= 11 is 0. The van der Waals surface area contributed by atoms with Crippen molar-refractivity contribution in [3.63, 3.8) is 0 Å². The number of nitrogens with zero attached hydrogens (tertiary/aromatic N) is 3. The van der Waals surface area contributed by atoms with E-state index in [0.717, 1.165) is 0 Å². The maximum atomic E-state index is 11.8. The van der Waals surface area contributed by atoms with Crippen LogP contribution in [0.15, 0.2) is 30.5 Å². The molecule has 0 aliphatic carbocycles. The van der Waals surface area contributed by atoms with E-state index in [0.29, 0.717) is 17.0 Å². The van der Waals surface area contributed by atoms with Crippen LogP contribution in [0.3, 0.4) is 0 Å². The molecule has 2 aromatic rings. The van der Waals surface area contributed by atoms with E-state index in [9.17, 15) is 4.79 Å². The molecule has 0 spiro atoms. The molecule has 0 saturated heterocycles. The third kappa shape index (κ3) is 3.05. The third-order valence-electron chi connectivity index (χ3n) is 2.53. The number of hydrogen-bond acceptors (Lipinski definition) is 4. The van der Waals surface area contributed by atoms with Gasteiger partial charge in [0.15, 0.2) is 5.82 Å². The zero-order valence-corrected chi connectivity index (χ0v) is 11.0. The van der Waals surface area contributed by atoms with E-state index in [1.54, 1.807) is 38.4 Å². The standard InChI is InChI=1S/C13H13N5O2/c1-18-8-9(7-14)12(17-18)16-13(19)15-10-3-5-11(20-2)6-4-10/h3-6,8H,1-2H3,(H2,15,16,17,19). The molecule has 20 heavy (non-hydrogen) atoms. The second kappa shape index (κ2) is 5.75. The topological polar surface area (TPSA) is 92.0 Å². The van der Waals surface area contributed by atoms with Gasteiger partial charge in [-0.3, -0.25) is 10.00 Å². The lowest BCUT2D eigenvalue weighted by atomic mass is 10.3. The molecule has 102 valence electrons. The van der Waals surface area contributed by atoms with E-state index >= 15 is 0 Å². The number of carbonyl (C=O) groups is 1. The summed E-state index contributed by atoms with van der Waals surface area (Å²) in [6.45, 7) is 0. The summed E-state index contributed by atoms with van der Waals surface area (Å²) in [6, 6.07) is 8.38. The molecule has 1 heterocycles. The highest BCUT2D eigenvalue weighted by Crippen LogP contribution is 2.16. The van der Waals surface area contributed by atoms with Crippen LogP contribution in [-0.4, -0.2) is 22.9 Å². The highest BCUT2D eigenvalue weighted by atomic mass is 16.5. The Morgan fingerprint density at radius 2 is 2.05 bits per heavy atom. The minimum atomic E-state index is -0.467. The molecule has 0 radical (unpaired) electrons. The van der Waals surface area contributed by atoms with Gasteiger partial charge in [-0.05, 0) is 24.3 Å². The van der Waals surface area contributed by atoms with Gasteiger partial charge in [0, 0.05) is 18.9 Å². The van der Waals surface area contributed by atoms with Gasteiger partial charge in [0.05, 0.1) is 7.11 Å². The number of urea groups is 1. The fraction of sp³-hybridized carbons (Fsp3) is 0.154. The number of aryl methyl sites for hydroxylation is 1. The van der Waals surface area contributed by atoms with Crippen LogP contribution in [0, 0.1) is 11.3 Å². The zero-order chi connectivity index (χ0) is 14.5. The molecule has 0 saturated carbocycles. The van der Waals surface area contributed by atoms with E-state index < -0.39 is 6.03 Å². The summed E-state index contributed by atoms with van der Waals surface area (Å²) in [4.78, 5) is 11.8. The Labute approximate surface area is 115 Å². The van der Waals surface area contributed by atoms with Gasteiger partial charge in [-0.2, -0.15) is 10.4 Å². The van der Waals surface area contributed by atoms with Crippen molar-refractivity contribution in [1.82, 2.24) is 9.78 Å². The van der Waals surface area contributed by atoms with Crippen molar-refractivity contribution < 1.29 is 9.53 Å². The molecule has 0 unspecified atom stereocenters. The van der Waals surface area contributed by atoms with E-state index in [2.05, 4.69) is 15.7 Å². The molecule has 2 rings (SSSR count). The van der Waals surface area contributed by atoms with Gasteiger partial charge < -0.3 is 10.1 Å². The van der Waals surface area contributed by atoms with Gasteiger partial charge in [-0.25, -0.2) is 4.79 Å². The quantitative estimate of drug-likeness (QED) is 0.892. The first-order chi connectivity index (χ1) is 9.62. The number of carbonyl (C=O) groups excluding carboxylic acids is 1. The predicted octanol–water partition coefficient (Wildman–Crippen LogP) is 1.94. The number of aromatic nitrogens is 2. The number of amides is 2. The zero-order valence-electron chi connectivity index (χ0n) is 11.0. The Bertz CT molecular complexity index is 654. The second-order valence-electron chi connectivity index (χ2n) is 3.98. The third-order valence-corrected chi connectivity index (χ3v) is 2.53. The fourth-order valence-electron chi connectivity index (χ4n) is 1.61. The average molecular weight is 271 g/mol. The van der Waals surface area contributed by atoms with Gasteiger partial charge in [-0.15, -0.1) is 0 Å². The van der Waals surface area contributed by atoms with E-state index in [1.165, 1.54) is 10.9 Å². The lowest BCUT2D eigenvalue weighted by Crippen LogP contribution is -2.20. The lowest BCUT2D eigenvalue weighted by molar-refractivity contribution is 0.262. The molecule has 7 heteroatoms. The monoisotopic (exact) mass is 271 g/mol. The highest BCUT2D eigenvalue weighted by Gasteiger charge is 2.10. The van der Waals surface area contributed by atoms with Gasteiger partial charge in [0.1, 0.15) is 17.4 Å². The Morgan fingerprint density at radius 3 is 2.65 bits per heavy atom. The largest absolute Gasteiger partial charge is 0.497 e. The first kappa shape index (κ1) is 13.4. The van der Waals surface area contributed by atoms with Crippen LogP contribution in [0.1, 0.15) is 5.56 Å². The minimum Gasteiger partial charge on any atom is -0.497 e. The highest BCUT2D eigenvalue weighted by molar-refractivity contribution is 5.99. The summed E-state index contributed by atoms with van der Waals surface area (Å²) in [5, 5.41) is 18.1. The van der Waals surface area contributed by atoms with Crippen LogP contribution >= 0.6 is 0 Å². The average Bonchev–Trinajstić information content (AvgIpc) is 2.79. The van der Waals surface area contributed by atoms with Gasteiger partial charge >= 0.3 is 6.03 Å². The van der Waals surface area contributed by atoms with E-state index in [4.69, 9.17) is 10.00 Å². The van der Waals surface area contributed by atoms with Gasteiger partial charge in [0.25, 0.3) is 0 Å². The van der Waals surface area contributed by atoms with Crippen LogP contribution < -0.4 is 15.4 Å². The summed E-state index contributed by atoms with van der Waals surface area (Å²) in [6.07, 6.45) is 1.53. The number of hydrogen-bond donors (Lipinski definition) is 2. The van der Waals surface area contributed by atoms with Gasteiger partial charge in [-0.1, -0.05) is 0 Å². The molecule has 1 aromatic carbocycles. The maximum absolute atomic E-state index is 11.8. The second-order valence-corrected chi connectivity index (χ2v) is 3.98. The van der Waals surface area contributed by atoms with E-state index in [-0.39, 0.29) is 5.82 Å². The maximum Gasteiger partial charge on any atom is 0.324 e. The Kier molecular flexibility index (Phi) is 3.86. The van der Waals surface area contributed by atoms with Crippen LogP contribution in [0.5, 0.6) is 5.75 Å². The Balaban J connectivity index is 2.03. The summed E-state index contributed by atoms with van der Waals surface area (Å²) in [7, 11) is 3.24. The molecule has 0 bridgehead atoms. The molecular formula is C13H13N5O2. The van der Waals surface area contributed by atoms with Crippen LogP contribution in [-0.2, 0) is 7.05 Å². The number of methoxy groups -OCH3 is 1. The Morgan fingerprint density at radius 1 is 1.35 bits per heavy atom. The fourth-order valence-corrected chi connectivity index (χ4v) is 1.61. The van der Waals surface area contributed by atoms with Crippen LogP contribution in [0.25, 0.3) is 0 Å². The van der Waals surface area contributed by atoms with Crippen molar-refractivity contribution in [2.45, 2.75) is 0 Å². The minimum absolute atomic E-state index is 0.223. The van der Waals surface area contributed by atoms with Crippen LogP contribution in [0.4, 0.5) is 16.3 Å². The van der Waals surface area contributed by atoms with Crippen LogP contribution in [0.2, 0.25) is 0 Å². The molecular weight excluding hydrogens is 258 g/mol. The molecule has 0 fully saturated rings. The summed E-state index contributed by atoms with van der Waals surface area (Å²) < 4.78 is 6.49. The smallest absolute Gasteiger partial charge is 0.324 e. The van der Waals surface area contributed by atoms with Crippen molar-refractivity contribution in [3.8, 4) is 11.8 Å². The number of ether oxygens (including phenoxy) is 1. The number of nitriles is 1. The number of nitrogens with one attached hydrogen (secondary N) is 2. The molecule has 1 aromatic heterocycles. The lowest BCUT2D eigenvalue weighted by Gasteiger charge is -2.06. The predicted molar refractivity (Wildman–Crippen MR) is 73.6 cm³/mol. The first-order valence-electron chi connectivity index (χ1n) is 5.78.